The molecule has 3 rings (SSSR count). The fourth-order valence-electron chi connectivity index (χ4n) is 2.16. The van der Waals surface area contributed by atoms with Gasteiger partial charge in [-0.25, -0.2) is 0 Å². The summed E-state index contributed by atoms with van der Waals surface area (Å²) in [5, 5.41) is 39.8. The first-order valence-electron chi connectivity index (χ1n) is 6.66. The average Bonchev–Trinajstić information content (AvgIpc) is 2.55. The third-order valence-electron chi connectivity index (χ3n) is 3.31. The van der Waals surface area contributed by atoms with Crippen LogP contribution in [0.1, 0.15) is 0 Å². The molecule has 0 aliphatic rings. The maximum atomic E-state index is 10.6. The molecule has 3 aromatic carbocycles. The number of phenolic OH excluding ortho intramolecular Hbond substituents is 2. The predicted molar refractivity (Wildman–Crippen MR) is 84.6 cm³/mol. The summed E-state index contributed by atoms with van der Waals surface area (Å²) in [5.74, 6) is -0.406. The topological polar surface area (TPSA) is 108 Å². The number of hydrogen-bond acceptors (Lipinski definition) is 6. The molecule has 0 atom stereocenters. The maximum absolute atomic E-state index is 10.6. The van der Waals surface area contributed by atoms with Gasteiger partial charge in [0, 0.05) is 11.5 Å². The van der Waals surface area contributed by atoms with Gasteiger partial charge in [-0.15, -0.1) is 10.2 Å². The van der Waals surface area contributed by atoms with Crippen molar-refractivity contribution in [2.24, 2.45) is 10.2 Å². The first-order valence-corrected chi connectivity index (χ1v) is 6.66. The van der Waals surface area contributed by atoms with E-state index in [2.05, 4.69) is 10.2 Å². The highest BCUT2D eigenvalue weighted by Gasteiger charge is 2.10. The van der Waals surface area contributed by atoms with Crippen LogP contribution in [0.3, 0.4) is 0 Å². The van der Waals surface area contributed by atoms with Gasteiger partial charge in [0.25, 0.3) is 5.69 Å². The van der Waals surface area contributed by atoms with E-state index in [1.54, 1.807) is 12.1 Å². The van der Waals surface area contributed by atoms with Gasteiger partial charge in [0.15, 0.2) is 0 Å². The monoisotopic (exact) mass is 309 g/mol. The Balaban J connectivity index is 2.04. The van der Waals surface area contributed by atoms with Crippen molar-refractivity contribution >= 4 is 27.8 Å². The summed E-state index contributed by atoms with van der Waals surface area (Å²) in [4.78, 5) is 10.0. The van der Waals surface area contributed by atoms with E-state index in [0.717, 1.165) is 11.5 Å². The SMILES string of the molecule is O=[N+]([O-])c1ccc(N=Nc2c(O)ccc3ccccc23)c(O)c1. The van der Waals surface area contributed by atoms with Crippen LogP contribution >= 0.6 is 0 Å². The quantitative estimate of drug-likeness (QED) is 0.419. The Kier molecular flexibility index (Phi) is 3.60. The number of hydrogen-bond donors (Lipinski definition) is 2. The first kappa shape index (κ1) is 14.5. The predicted octanol–water partition coefficient (Wildman–Crippen LogP) is 4.57. The van der Waals surface area contributed by atoms with Crippen LogP contribution in [0.5, 0.6) is 11.5 Å². The molecule has 0 bridgehead atoms. The van der Waals surface area contributed by atoms with Crippen LogP contribution in [-0.2, 0) is 0 Å². The second kappa shape index (κ2) is 5.72. The number of nitro benzene ring substituents is 1. The molecular weight excluding hydrogens is 298 g/mol. The van der Waals surface area contributed by atoms with Crippen LogP contribution in [0.25, 0.3) is 10.8 Å². The van der Waals surface area contributed by atoms with Gasteiger partial charge in [-0.05, 0) is 17.5 Å². The maximum Gasteiger partial charge on any atom is 0.273 e. The zero-order valence-corrected chi connectivity index (χ0v) is 11.7. The molecule has 0 aromatic heterocycles. The second-order valence-corrected chi connectivity index (χ2v) is 4.78. The lowest BCUT2D eigenvalue weighted by Crippen LogP contribution is -1.86. The van der Waals surface area contributed by atoms with Crippen LogP contribution in [0, 0.1) is 10.1 Å². The molecule has 3 aromatic rings. The van der Waals surface area contributed by atoms with Crippen molar-refractivity contribution in [3.8, 4) is 11.5 Å². The molecule has 0 fully saturated rings. The molecule has 0 aliphatic heterocycles. The molecule has 7 heteroatoms. The number of rotatable bonds is 3. The highest BCUT2D eigenvalue weighted by Crippen LogP contribution is 2.37. The molecule has 0 spiro atoms. The average molecular weight is 309 g/mol. The standard InChI is InChI=1S/C16H11N3O4/c20-14-8-5-10-3-1-2-4-12(10)16(14)18-17-13-7-6-11(19(22)23)9-15(13)21/h1-9,20-21H. The number of aromatic hydroxyl groups is 2. The molecule has 7 nitrogen and oxygen atoms in total. The van der Waals surface area contributed by atoms with Gasteiger partial charge >= 0.3 is 0 Å². The largest absolute Gasteiger partial charge is 0.506 e. The van der Waals surface area contributed by atoms with Crippen LogP contribution in [0.15, 0.2) is 64.8 Å². The summed E-state index contributed by atoms with van der Waals surface area (Å²) in [6, 6.07) is 14.1. The molecule has 23 heavy (non-hydrogen) atoms. The van der Waals surface area contributed by atoms with Gasteiger partial charge in [-0.3, -0.25) is 10.1 Å². The summed E-state index contributed by atoms with van der Waals surface area (Å²) in [7, 11) is 0. The zero-order valence-electron chi connectivity index (χ0n) is 11.7. The number of non-ortho nitro benzene ring substituents is 1. The molecule has 114 valence electrons. The van der Waals surface area contributed by atoms with Gasteiger partial charge in [0.1, 0.15) is 22.9 Å². The third-order valence-corrected chi connectivity index (χ3v) is 3.31. The lowest BCUT2D eigenvalue weighted by Gasteiger charge is -2.04. The van der Waals surface area contributed by atoms with E-state index in [9.17, 15) is 20.3 Å². The van der Waals surface area contributed by atoms with Crippen molar-refractivity contribution in [3.63, 3.8) is 0 Å². The van der Waals surface area contributed by atoms with Crippen LogP contribution in [-0.4, -0.2) is 15.1 Å². The van der Waals surface area contributed by atoms with E-state index in [1.165, 1.54) is 18.2 Å². The van der Waals surface area contributed by atoms with Crippen molar-refractivity contribution in [1.82, 2.24) is 0 Å². The molecule has 0 aliphatic carbocycles. The number of nitro groups is 1. The highest BCUT2D eigenvalue weighted by molar-refractivity contribution is 5.95. The number of nitrogens with zero attached hydrogens (tertiary/aromatic N) is 3. The normalized spacial score (nSPS) is 11.1. The van der Waals surface area contributed by atoms with Crippen molar-refractivity contribution in [1.29, 1.82) is 0 Å². The Morgan fingerprint density at radius 2 is 1.70 bits per heavy atom. The van der Waals surface area contributed by atoms with Gasteiger partial charge in [-0.2, -0.15) is 0 Å². The zero-order chi connectivity index (χ0) is 16.4. The van der Waals surface area contributed by atoms with Gasteiger partial charge in [0.05, 0.1) is 11.0 Å². The minimum atomic E-state index is -0.614. The molecule has 0 saturated heterocycles. The van der Waals surface area contributed by atoms with Crippen molar-refractivity contribution in [2.75, 3.05) is 0 Å². The fraction of sp³-hybridized carbons (Fsp3) is 0. The molecule has 2 N–H and O–H groups in total. The van der Waals surface area contributed by atoms with Crippen molar-refractivity contribution in [2.45, 2.75) is 0 Å². The molecular formula is C16H11N3O4. The number of fused-ring (bicyclic) bond motifs is 1. The highest BCUT2D eigenvalue weighted by atomic mass is 16.6. The molecule has 0 saturated carbocycles. The number of azo groups is 1. The lowest BCUT2D eigenvalue weighted by atomic mass is 10.1. The number of phenols is 2. The van der Waals surface area contributed by atoms with E-state index in [1.807, 2.05) is 18.2 Å². The Labute approximate surface area is 130 Å². The van der Waals surface area contributed by atoms with E-state index in [4.69, 9.17) is 0 Å². The summed E-state index contributed by atoms with van der Waals surface area (Å²) in [5.41, 5.74) is 0.0956. The van der Waals surface area contributed by atoms with Crippen LogP contribution in [0.4, 0.5) is 17.1 Å². The summed E-state index contributed by atoms with van der Waals surface area (Å²) < 4.78 is 0. The minimum Gasteiger partial charge on any atom is -0.506 e. The van der Waals surface area contributed by atoms with E-state index >= 15 is 0 Å². The van der Waals surface area contributed by atoms with Crippen molar-refractivity contribution < 1.29 is 15.1 Å². The lowest BCUT2D eigenvalue weighted by molar-refractivity contribution is -0.384. The van der Waals surface area contributed by atoms with Crippen molar-refractivity contribution in [3.05, 3.63) is 64.7 Å². The minimum absolute atomic E-state index is 0.0474. The summed E-state index contributed by atoms with van der Waals surface area (Å²) in [6.07, 6.45) is 0. The smallest absolute Gasteiger partial charge is 0.273 e. The fourth-order valence-corrected chi connectivity index (χ4v) is 2.16. The van der Waals surface area contributed by atoms with Crippen LogP contribution in [0.2, 0.25) is 0 Å². The van der Waals surface area contributed by atoms with Gasteiger partial charge in [0.2, 0.25) is 0 Å². The van der Waals surface area contributed by atoms with E-state index in [0.29, 0.717) is 5.39 Å². The summed E-state index contributed by atoms with van der Waals surface area (Å²) in [6.45, 7) is 0. The Morgan fingerprint density at radius 3 is 2.43 bits per heavy atom. The number of benzene rings is 3. The van der Waals surface area contributed by atoms with Gasteiger partial charge in [-0.1, -0.05) is 30.3 Å². The molecule has 0 heterocycles. The Hall–Kier alpha value is -3.48. The van der Waals surface area contributed by atoms with E-state index < -0.39 is 4.92 Å². The third kappa shape index (κ3) is 2.80. The van der Waals surface area contributed by atoms with Gasteiger partial charge < -0.3 is 10.2 Å². The second-order valence-electron chi connectivity index (χ2n) is 4.78. The summed E-state index contributed by atoms with van der Waals surface area (Å²) >= 11 is 0. The van der Waals surface area contributed by atoms with E-state index in [-0.39, 0.29) is 28.6 Å². The molecule has 0 unspecified atom stereocenters. The Morgan fingerprint density at radius 1 is 0.913 bits per heavy atom. The first-order chi connectivity index (χ1) is 11.1. The van der Waals surface area contributed by atoms with Crippen LogP contribution < -0.4 is 0 Å². The molecule has 0 amide bonds. The Bertz CT molecular complexity index is 938. The molecule has 0 radical (unpaired) electrons.